The van der Waals surface area contributed by atoms with Crippen LogP contribution in [0.25, 0.3) is 0 Å². The average molecular weight is 421 g/mol. The van der Waals surface area contributed by atoms with Crippen molar-refractivity contribution >= 4 is 11.9 Å². The predicted octanol–water partition coefficient (Wildman–Crippen LogP) is 3.55. The van der Waals surface area contributed by atoms with Crippen molar-refractivity contribution in [3.8, 4) is 11.8 Å². The molecule has 0 saturated carbocycles. The zero-order chi connectivity index (χ0) is 22.8. The summed E-state index contributed by atoms with van der Waals surface area (Å²) in [6.07, 6.45) is 1.38. The molecule has 1 atom stereocenters. The lowest BCUT2D eigenvalue weighted by Crippen LogP contribution is -2.29. The van der Waals surface area contributed by atoms with Crippen molar-refractivity contribution in [3.63, 3.8) is 0 Å². The fourth-order valence-corrected chi connectivity index (χ4v) is 2.94. The Morgan fingerprint density at radius 3 is 2.52 bits per heavy atom. The van der Waals surface area contributed by atoms with E-state index >= 15 is 0 Å². The molecule has 0 bridgehead atoms. The van der Waals surface area contributed by atoms with E-state index in [2.05, 4.69) is 15.4 Å². The van der Waals surface area contributed by atoms with Crippen molar-refractivity contribution < 1.29 is 19.1 Å². The minimum absolute atomic E-state index is 0.0383. The maximum absolute atomic E-state index is 12.6. The maximum atomic E-state index is 12.6. The van der Waals surface area contributed by atoms with Crippen LogP contribution in [0.5, 0.6) is 5.75 Å². The van der Waals surface area contributed by atoms with Gasteiger partial charge in [0.1, 0.15) is 17.4 Å². The van der Waals surface area contributed by atoms with Crippen LogP contribution in [0, 0.1) is 18.3 Å². The lowest BCUT2D eigenvalue weighted by atomic mass is 10.0. The molecule has 31 heavy (non-hydrogen) atoms. The van der Waals surface area contributed by atoms with Crippen molar-refractivity contribution in [2.24, 2.45) is 0 Å². The number of aryl methyl sites for hydroxylation is 1. The molecule has 0 radical (unpaired) electrons. The molecule has 0 aromatic heterocycles. The summed E-state index contributed by atoms with van der Waals surface area (Å²) in [6, 6.07) is 14.2. The van der Waals surface area contributed by atoms with Gasteiger partial charge >= 0.3 is 5.97 Å². The predicted molar refractivity (Wildman–Crippen MR) is 117 cm³/mol. The van der Waals surface area contributed by atoms with E-state index in [1.165, 1.54) is 13.3 Å². The fourth-order valence-electron chi connectivity index (χ4n) is 2.94. The molecule has 7 nitrogen and oxygen atoms in total. The standard InChI is InChI=1S/C24H27N3O4/c1-5-31-22-11-6-16(2)12-21(22)17(3)27-23(28)20(13-25)15-26-14-18-7-9-19(10-8-18)24(29)30-4/h6-12,15,17,26H,5,14H2,1-4H3,(H,27,28)/b20-15-. The van der Waals surface area contributed by atoms with Gasteiger partial charge < -0.3 is 20.1 Å². The van der Waals surface area contributed by atoms with E-state index in [9.17, 15) is 14.9 Å². The number of carbonyl (C=O) groups excluding carboxylic acids is 2. The van der Waals surface area contributed by atoms with Gasteiger partial charge in [-0.3, -0.25) is 4.79 Å². The average Bonchev–Trinajstić information content (AvgIpc) is 2.77. The topological polar surface area (TPSA) is 100 Å². The molecule has 1 amide bonds. The van der Waals surface area contributed by atoms with Gasteiger partial charge in [-0.25, -0.2) is 4.79 Å². The van der Waals surface area contributed by atoms with E-state index in [0.717, 1.165) is 16.7 Å². The van der Waals surface area contributed by atoms with Crippen molar-refractivity contribution in [3.05, 3.63) is 76.5 Å². The first kappa shape index (κ1) is 23.5. The zero-order valence-electron chi connectivity index (χ0n) is 18.2. The second kappa shape index (κ2) is 11.4. The summed E-state index contributed by atoms with van der Waals surface area (Å²) >= 11 is 0. The van der Waals surface area contributed by atoms with Gasteiger partial charge in [0, 0.05) is 18.3 Å². The summed E-state index contributed by atoms with van der Waals surface area (Å²) in [7, 11) is 1.33. The summed E-state index contributed by atoms with van der Waals surface area (Å²) in [5, 5.41) is 15.2. The summed E-state index contributed by atoms with van der Waals surface area (Å²) in [5.74, 6) is -0.178. The zero-order valence-corrected chi connectivity index (χ0v) is 18.2. The van der Waals surface area contributed by atoms with Crippen LogP contribution in [-0.4, -0.2) is 25.6 Å². The number of hydrogen-bond donors (Lipinski definition) is 2. The van der Waals surface area contributed by atoms with E-state index in [1.807, 2.05) is 45.0 Å². The number of esters is 1. The third-order valence-electron chi connectivity index (χ3n) is 4.57. The first-order valence-corrected chi connectivity index (χ1v) is 9.94. The van der Waals surface area contributed by atoms with Crippen LogP contribution in [-0.2, 0) is 16.1 Å². The number of ether oxygens (including phenoxy) is 2. The molecule has 0 aliphatic carbocycles. The van der Waals surface area contributed by atoms with Crippen molar-refractivity contribution in [1.29, 1.82) is 5.26 Å². The van der Waals surface area contributed by atoms with Crippen LogP contribution in [0.4, 0.5) is 0 Å². The molecule has 0 fully saturated rings. The van der Waals surface area contributed by atoms with Gasteiger partial charge in [0.05, 0.1) is 25.3 Å². The SMILES string of the molecule is CCOc1ccc(C)cc1C(C)NC(=O)/C(C#N)=C\NCc1ccc(C(=O)OC)cc1. The lowest BCUT2D eigenvalue weighted by Gasteiger charge is -2.18. The Morgan fingerprint density at radius 1 is 1.19 bits per heavy atom. The number of nitriles is 1. The molecular formula is C24H27N3O4. The van der Waals surface area contributed by atoms with Gasteiger partial charge in [0.2, 0.25) is 0 Å². The molecule has 0 aliphatic heterocycles. The number of nitrogens with one attached hydrogen (secondary N) is 2. The van der Waals surface area contributed by atoms with Crippen LogP contribution >= 0.6 is 0 Å². The highest BCUT2D eigenvalue weighted by Gasteiger charge is 2.17. The summed E-state index contributed by atoms with van der Waals surface area (Å²) in [4.78, 5) is 24.0. The highest BCUT2D eigenvalue weighted by atomic mass is 16.5. The summed E-state index contributed by atoms with van der Waals surface area (Å²) < 4.78 is 10.3. The van der Waals surface area contributed by atoms with Crippen molar-refractivity contribution in [2.75, 3.05) is 13.7 Å². The van der Waals surface area contributed by atoms with Gasteiger partial charge in [-0.05, 0) is 44.5 Å². The molecule has 2 rings (SSSR count). The summed E-state index contributed by atoms with van der Waals surface area (Å²) in [6.45, 7) is 6.63. The Morgan fingerprint density at radius 2 is 1.90 bits per heavy atom. The Bertz CT molecular complexity index is 991. The molecule has 0 aliphatic rings. The van der Waals surface area contributed by atoms with Gasteiger partial charge in [0.25, 0.3) is 5.91 Å². The molecular weight excluding hydrogens is 394 g/mol. The third-order valence-corrected chi connectivity index (χ3v) is 4.57. The van der Waals surface area contributed by atoms with E-state index in [1.54, 1.807) is 24.3 Å². The van der Waals surface area contributed by atoms with Crippen LogP contribution < -0.4 is 15.4 Å². The second-order valence-electron chi connectivity index (χ2n) is 6.91. The number of rotatable bonds is 9. The molecule has 1 unspecified atom stereocenters. The first-order valence-electron chi connectivity index (χ1n) is 9.94. The minimum Gasteiger partial charge on any atom is -0.494 e. The molecule has 0 heterocycles. The number of methoxy groups -OCH3 is 1. The Hall–Kier alpha value is -3.79. The van der Waals surface area contributed by atoms with E-state index in [-0.39, 0.29) is 11.6 Å². The second-order valence-corrected chi connectivity index (χ2v) is 6.91. The highest BCUT2D eigenvalue weighted by molar-refractivity contribution is 5.97. The van der Waals surface area contributed by atoms with E-state index < -0.39 is 11.9 Å². The molecule has 2 N–H and O–H groups in total. The highest BCUT2D eigenvalue weighted by Crippen LogP contribution is 2.26. The third kappa shape index (κ3) is 6.61. The van der Waals surface area contributed by atoms with Gasteiger partial charge in [-0.1, -0.05) is 29.8 Å². The number of hydrogen-bond acceptors (Lipinski definition) is 6. The molecule has 0 spiro atoms. The molecule has 0 saturated heterocycles. The quantitative estimate of drug-likeness (QED) is 0.365. The van der Waals surface area contributed by atoms with Crippen LogP contribution in [0.2, 0.25) is 0 Å². The smallest absolute Gasteiger partial charge is 0.337 e. The number of carbonyl (C=O) groups is 2. The maximum Gasteiger partial charge on any atom is 0.337 e. The summed E-state index contributed by atoms with van der Waals surface area (Å²) in [5.41, 5.74) is 3.21. The van der Waals surface area contributed by atoms with Gasteiger partial charge in [-0.15, -0.1) is 0 Å². The fraction of sp³-hybridized carbons (Fsp3) is 0.292. The lowest BCUT2D eigenvalue weighted by molar-refractivity contribution is -0.117. The molecule has 2 aromatic rings. The number of benzene rings is 2. The molecule has 162 valence electrons. The van der Waals surface area contributed by atoms with Gasteiger partial charge in [-0.2, -0.15) is 5.26 Å². The van der Waals surface area contributed by atoms with Crippen molar-refractivity contribution in [2.45, 2.75) is 33.4 Å². The van der Waals surface area contributed by atoms with Crippen LogP contribution in [0.15, 0.2) is 54.2 Å². The normalized spacial score (nSPS) is 11.8. The molecule has 7 heteroatoms. The van der Waals surface area contributed by atoms with Crippen LogP contribution in [0.3, 0.4) is 0 Å². The van der Waals surface area contributed by atoms with E-state index in [0.29, 0.717) is 24.5 Å². The van der Waals surface area contributed by atoms with Crippen molar-refractivity contribution in [1.82, 2.24) is 10.6 Å². The monoisotopic (exact) mass is 421 g/mol. The Balaban J connectivity index is 2.01. The van der Waals surface area contributed by atoms with E-state index in [4.69, 9.17) is 4.74 Å². The number of amides is 1. The Labute approximate surface area is 182 Å². The minimum atomic E-state index is -0.479. The first-order chi connectivity index (χ1) is 14.9. The van der Waals surface area contributed by atoms with Crippen LogP contribution in [0.1, 0.15) is 46.9 Å². The largest absolute Gasteiger partial charge is 0.494 e. The molecule has 2 aromatic carbocycles. The Kier molecular flexibility index (Phi) is 8.64. The number of nitrogens with zero attached hydrogens (tertiary/aromatic N) is 1. The van der Waals surface area contributed by atoms with Gasteiger partial charge in [0.15, 0.2) is 0 Å².